The van der Waals surface area contributed by atoms with Gasteiger partial charge in [-0.25, -0.2) is 0 Å². The van der Waals surface area contributed by atoms with Gasteiger partial charge in [0.1, 0.15) is 0 Å². The lowest BCUT2D eigenvalue weighted by molar-refractivity contribution is -0.141. The Balaban J connectivity index is 2.93. The van der Waals surface area contributed by atoms with E-state index in [1.54, 1.807) is 12.3 Å². The molecular formula is C12H15NO4. The molecule has 17 heavy (non-hydrogen) atoms. The highest BCUT2D eigenvalue weighted by Crippen LogP contribution is 2.24. The topological polar surface area (TPSA) is 76.5 Å². The van der Waals surface area contributed by atoms with Gasteiger partial charge in [-0.05, 0) is 18.6 Å². The number of nitrogens with zero attached hydrogens (tertiary/aromatic N) is 1. The van der Waals surface area contributed by atoms with Crippen LogP contribution >= 0.6 is 0 Å². The smallest absolute Gasteiger partial charge is 0.306 e. The van der Waals surface area contributed by atoms with Gasteiger partial charge in [-0.1, -0.05) is 6.07 Å². The lowest BCUT2D eigenvalue weighted by Crippen LogP contribution is -2.14. The summed E-state index contributed by atoms with van der Waals surface area (Å²) in [7, 11) is 1.28. The van der Waals surface area contributed by atoms with Crippen LogP contribution < -0.4 is 0 Å². The third-order valence-corrected chi connectivity index (χ3v) is 2.50. The third-order valence-electron chi connectivity index (χ3n) is 2.50. The summed E-state index contributed by atoms with van der Waals surface area (Å²) in [5, 5.41) is 8.84. The Morgan fingerprint density at radius 3 is 2.71 bits per heavy atom. The van der Waals surface area contributed by atoms with Crippen molar-refractivity contribution in [3.63, 3.8) is 0 Å². The van der Waals surface area contributed by atoms with E-state index >= 15 is 0 Å². The first-order chi connectivity index (χ1) is 8.04. The Kier molecular flexibility index (Phi) is 4.63. The van der Waals surface area contributed by atoms with Crippen molar-refractivity contribution in [3.8, 4) is 0 Å². The fourth-order valence-corrected chi connectivity index (χ4v) is 1.69. The van der Waals surface area contributed by atoms with E-state index in [-0.39, 0.29) is 12.8 Å². The first-order valence-electron chi connectivity index (χ1n) is 5.24. The third kappa shape index (κ3) is 3.86. The second-order valence-electron chi connectivity index (χ2n) is 3.78. The molecule has 1 aromatic rings. The summed E-state index contributed by atoms with van der Waals surface area (Å²) in [6.07, 6.45) is 1.49. The van der Waals surface area contributed by atoms with Gasteiger partial charge in [0.15, 0.2) is 0 Å². The van der Waals surface area contributed by atoms with Crippen molar-refractivity contribution < 1.29 is 19.4 Å². The summed E-state index contributed by atoms with van der Waals surface area (Å²) in [5.74, 6) is -1.83. The van der Waals surface area contributed by atoms with E-state index in [4.69, 9.17) is 5.11 Å². The van der Waals surface area contributed by atoms with E-state index in [1.807, 2.05) is 13.0 Å². The molecule has 0 aliphatic carbocycles. The van der Waals surface area contributed by atoms with Gasteiger partial charge in [-0.3, -0.25) is 14.6 Å². The molecule has 0 radical (unpaired) electrons. The van der Waals surface area contributed by atoms with Crippen molar-refractivity contribution in [1.29, 1.82) is 0 Å². The predicted molar refractivity (Wildman–Crippen MR) is 60.6 cm³/mol. The number of aromatic nitrogens is 1. The van der Waals surface area contributed by atoms with Crippen LogP contribution in [0.15, 0.2) is 18.3 Å². The number of pyridine rings is 1. The van der Waals surface area contributed by atoms with Crippen LogP contribution in [0.4, 0.5) is 0 Å². The maximum absolute atomic E-state index is 11.2. The van der Waals surface area contributed by atoms with Crippen molar-refractivity contribution in [2.75, 3.05) is 7.11 Å². The largest absolute Gasteiger partial charge is 0.481 e. The van der Waals surface area contributed by atoms with E-state index in [2.05, 4.69) is 9.72 Å². The van der Waals surface area contributed by atoms with Gasteiger partial charge in [-0.15, -0.1) is 0 Å². The van der Waals surface area contributed by atoms with Crippen LogP contribution in [0.1, 0.15) is 30.0 Å². The predicted octanol–water partition coefficient (Wildman–Crippen LogP) is 1.51. The van der Waals surface area contributed by atoms with Crippen LogP contribution in [-0.2, 0) is 14.3 Å². The molecule has 0 aromatic carbocycles. The molecule has 0 bridgehead atoms. The molecule has 0 aliphatic heterocycles. The number of ether oxygens (including phenoxy) is 1. The summed E-state index contributed by atoms with van der Waals surface area (Å²) in [5.41, 5.74) is 1.52. The molecule has 0 fully saturated rings. The highest BCUT2D eigenvalue weighted by atomic mass is 16.5. The molecular weight excluding hydrogens is 222 g/mol. The van der Waals surface area contributed by atoms with E-state index in [9.17, 15) is 9.59 Å². The average Bonchev–Trinajstić information content (AvgIpc) is 2.28. The summed E-state index contributed by atoms with van der Waals surface area (Å²) < 4.78 is 4.56. The van der Waals surface area contributed by atoms with Crippen molar-refractivity contribution in [2.45, 2.75) is 25.7 Å². The molecule has 0 saturated carbocycles. The Bertz CT molecular complexity index is 417. The van der Waals surface area contributed by atoms with Gasteiger partial charge in [0.2, 0.25) is 0 Å². The fourth-order valence-electron chi connectivity index (χ4n) is 1.69. The zero-order chi connectivity index (χ0) is 12.8. The Morgan fingerprint density at radius 2 is 2.18 bits per heavy atom. The standard InChI is InChI=1S/C12H15NO4/c1-8-4-3-5-13-12(8)9(6-10(14)15)7-11(16)17-2/h3-5,9H,6-7H2,1-2H3,(H,14,15). The highest BCUT2D eigenvalue weighted by Gasteiger charge is 2.22. The number of carboxylic acids is 1. The Hall–Kier alpha value is -1.91. The fraction of sp³-hybridized carbons (Fsp3) is 0.417. The van der Waals surface area contributed by atoms with Gasteiger partial charge in [0, 0.05) is 17.8 Å². The zero-order valence-electron chi connectivity index (χ0n) is 9.84. The molecule has 0 saturated heterocycles. The van der Waals surface area contributed by atoms with Crippen LogP contribution in [0.5, 0.6) is 0 Å². The van der Waals surface area contributed by atoms with Crippen molar-refractivity contribution in [1.82, 2.24) is 4.98 Å². The molecule has 5 nitrogen and oxygen atoms in total. The summed E-state index contributed by atoms with van der Waals surface area (Å²) in [4.78, 5) is 26.2. The number of hydrogen-bond acceptors (Lipinski definition) is 4. The maximum Gasteiger partial charge on any atom is 0.306 e. The first kappa shape index (κ1) is 13.2. The number of carbonyl (C=O) groups excluding carboxylic acids is 1. The number of hydrogen-bond donors (Lipinski definition) is 1. The van der Waals surface area contributed by atoms with Crippen LogP contribution in [0.2, 0.25) is 0 Å². The molecule has 0 spiro atoms. The Labute approximate surface area is 99.4 Å². The highest BCUT2D eigenvalue weighted by molar-refractivity contribution is 5.73. The molecule has 0 amide bonds. The minimum atomic E-state index is -0.955. The first-order valence-corrected chi connectivity index (χ1v) is 5.24. The lowest BCUT2D eigenvalue weighted by Gasteiger charge is -2.14. The number of methoxy groups -OCH3 is 1. The molecule has 5 heteroatoms. The van der Waals surface area contributed by atoms with Crippen molar-refractivity contribution in [2.24, 2.45) is 0 Å². The number of carbonyl (C=O) groups is 2. The number of esters is 1. The molecule has 1 N–H and O–H groups in total. The number of rotatable bonds is 5. The van der Waals surface area contributed by atoms with Crippen LogP contribution in [0.3, 0.4) is 0 Å². The molecule has 1 unspecified atom stereocenters. The van der Waals surface area contributed by atoms with Crippen LogP contribution in [-0.4, -0.2) is 29.1 Å². The summed E-state index contributed by atoms with van der Waals surface area (Å²) >= 11 is 0. The van der Waals surface area contributed by atoms with Crippen LogP contribution in [0, 0.1) is 6.92 Å². The number of aliphatic carboxylic acids is 1. The van der Waals surface area contributed by atoms with Gasteiger partial charge >= 0.3 is 11.9 Å². The van der Waals surface area contributed by atoms with Gasteiger partial charge in [0.05, 0.1) is 20.0 Å². The van der Waals surface area contributed by atoms with Gasteiger partial charge in [-0.2, -0.15) is 0 Å². The Morgan fingerprint density at radius 1 is 1.47 bits per heavy atom. The van der Waals surface area contributed by atoms with Gasteiger partial charge in [0.25, 0.3) is 0 Å². The monoisotopic (exact) mass is 237 g/mol. The van der Waals surface area contributed by atoms with E-state index in [0.717, 1.165) is 5.56 Å². The van der Waals surface area contributed by atoms with Gasteiger partial charge < -0.3 is 9.84 Å². The average molecular weight is 237 g/mol. The quantitative estimate of drug-likeness (QED) is 0.785. The summed E-state index contributed by atoms with van der Waals surface area (Å²) in [6.45, 7) is 1.84. The minimum Gasteiger partial charge on any atom is -0.481 e. The zero-order valence-corrected chi connectivity index (χ0v) is 9.84. The lowest BCUT2D eigenvalue weighted by atomic mass is 9.94. The maximum atomic E-state index is 11.2. The summed E-state index contributed by atoms with van der Waals surface area (Å²) in [6, 6.07) is 3.61. The number of carboxylic acid groups (broad SMARTS) is 1. The molecule has 1 rings (SSSR count). The van der Waals surface area contributed by atoms with E-state index < -0.39 is 17.9 Å². The van der Waals surface area contributed by atoms with E-state index in [0.29, 0.717) is 5.69 Å². The second-order valence-corrected chi connectivity index (χ2v) is 3.78. The second kappa shape index (κ2) is 5.98. The van der Waals surface area contributed by atoms with E-state index in [1.165, 1.54) is 7.11 Å². The molecule has 1 heterocycles. The molecule has 92 valence electrons. The number of aryl methyl sites for hydroxylation is 1. The van der Waals surface area contributed by atoms with Crippen molar-refractivity contribution in [3.05, 3.63) is 29.6 Å². The minimum absolute atomic E-state index is 0.0284. The molecule has 1 aromatic heterocycles. The van der Waals surface area contributed by atoms with Crippen LogP contribution in [0.25, 0.3) is 0 Å². The molecule has 0 aliphatic rings. The normalized spacial score (nSPS) is 11.9. The van der Waals surface area contributed by atoms with Crippen molar-refractivity contribution >= 4 is 11.9 Å². The molecule has 1 atom stereocenters. The SMILES string of the molecule is COC(=O)CC(CC(=O)O)c1ncccc1C.